The van der Waals surface area contributed by atoms with Gasteiger partial charge in [-0.2, -0.15) is 5.48 Å². The van der Waals surface area contributed by atoms with Crippen LogP contribution in [0, 0.1) is 5.92 Å². The molecule has 0 bridgehead atoms. The van der Waals surface area contributed by atoms with Gasteiger partial charge < -0.3 is 19.2 Å². The SMILES string of the molecule is CC(C)CONC(C)CC1COCCN1C(=O)OC(C)(C)C. The van der Waals surface area contributed by atoms with Crippen LogP contribution in [0.2, 0.25) is 0 Å². The fraction of sp³-hybridized carbons (Fsp3) is 0.938. The van der Waals surface area contributed by atoms with Crippen LogP contribution in [0.1, 0.15) is 48.0 Å². The molecule has 1 rings (SSSR count). The van der Waals surface area contributed by atoms with Crippen LogP contribution in [-0.2, 0) is 14.3 Å². The molecule has 1 N–H and O–H groups in total. The molecule has 2 unspecified atom stereocenters. The number of ether oxygens (including phenoxy) is 2. The van der Waals surface area contributed by atoms with Gasteiger partial charge in [-0.3, -0.25) is 0 Å². The molecule has 1 aliphatic heterocycles. The molecular weight excluding hydrogens is 284 g/mol. The number of carbonyl (C=O) groups is 1. The van der Waals surface area contributed by atoms with E-state index in [4.69, 9.17) is 14.3 Å². The molecule has 0 saturated carbocycles. The van der Waals surface area contributed by atoms with Crippen LogP contribution in [0.3, 0.4) is 0 Å². The van der Waals surface area contributed by atoms with Gasteiger partial charge >= 0.3 is 6.09 Å². The van der Waals surface area contributed by atoms with Gasteiger partial charge in [0.15, 0.2) is 0 Å². The summed E-state index contributed by atoms with van der Waals surface area (Å²) >= 11 is 0. The number of amides is 1. The molecule has 0 aromatic carbocycles. The van der Waals surface area contributed by atoms with Gasteiger partial charge in [0.1, 0.15) is 5.60 Å². The van der Waals surface area contributed by atoms with Crippen molar-refractivity contribution >= 4 is 6.09 Å². The molecule has 22 heavy (non-hydrogen) atoms. The van der Waals surface area contributed by atoms with Gasteiger partial charge in [-0.05, 0) is 40.0 Å². The average molecular weight is 316 g/mol. The lowest BCUT2D eigenvalue weighted by Gasteiger charge is -2.37. The summed E-state index contributed by atoms with van der Waals surface area (Å²) in [5.41, 5.74) is 2.55. The highest BCUT2D eigenvalue weighted by Gasteiger charge is 2.31. The van der Waals surface area contributed by atoms with E-state index in [1.54, 1.807) is 4.90 Å². The fourth-order valence-corrected chi connectivity index (χ4v) is 2.22. The first-order valence-electron chi connectivity index (χ1n) is 8.13. The zero-order valence-corrected chi connectivity index (χ0v) is 14.8. The number of hydrogen-bond donors (Lipinski definition) is 1. The van der Waals surface area contributed by atoms with Crippen molar-refractivity contribution in [1.29, 1.82) is 0 Å². The van der Waals surface area contributed by atoms with Crippen LogP contribution in [0.15, 0.2) is 0 Å². The molecule has 130 valence electrons. The number of morpholine rings is 1. The number of hydrogen-bond acceptors (Lipinski definition) is 5. The summed E-state index contributed by atoms with van der Waals surface area (Å²) in [5, 5.41) is 0. The van der Waals surface area contributed by atoms with Crippen molar-refractivity contribution in [2.24, 2.45) is 5.92 Å². The van der Waals surface area contributed by atoms with Gasteiger partial charge in [-0.1, -0.05) is 13.8 Å². The van der Waals surface area contributed by atoms with E-state index in [0.717, 1.165) is 6.42 Å². The second-order valence-electron chi connectivity index (χ2n) is 7.36. The molecular formula is C16H32N2O4. The maximum atomic E-state index is 12.3. The number of carbonyl (C=O) groups excluding carboxylic acids is 1. The fourth-order valence-electron chi connectivity index (χ4n) is 2.22. The van der Waals surface area contributed by atoms with E-state index in [9.17, 15) is 4.79 Å². The lowest BCUT2D eigenvalue weighted by molar-refractivity contribution is -0.0460. The van der Waals surface area contributed by atoms with Crippen molar-refractivity contribution in [3.63, 3.8) is 0 Å². The molecule has 6 heteroatoms. The third-order valence-corrected chi connectivity index (χ3v) is 3.18. The first-order chi connectivity index (χ1) is 10.2. The Bertz CT molecular complexity index is 342. The summed E-state index contributed by atoms with van der Waals surface area (Å²) in [6.45, 7) is 14.2. The van der Waals surface area contributed by atoms with E-state index in [1.807, 2.05) is 27.7 Å². The molecule has 0 aliphatic carbocycles. The Morgan fingerprint density at radius 2 is 2.05 bits per heavy atom. The van der Waals surface area contributed by atoms with Gasteiger partial charge in [0.25, 0.3) is 0 Å². The van der Waals surface area contributed by atoms with Crippen LogP contribution in [0.25, 0.3) is 0 Å². The molecule has 1 heterocycles. The summed E-state index contributed by atoms with van der Waals surface area (Å²) in [5.74, 6) is 0.482. The maximum absolute atomic E-state index is 12.3. The van der Waals surface area contributed by atoms with E-state index >= 15 is 0 Å². The Morgan fingerprint density at radius 1 is 1.36 bits per heavy atom. The number of nitrogens with one attached hydrogen (secondary N) is 1. The predicted molar refractivity (Wildman–Crippen MR) is 85.6 cm³/mol. The molecule has 2 atom stereocenters. The standard InChI is InChI=1S/C16H32N2O4/c1-12(2)10-21-17-13(3)9-14-11-20-8-7-18(14)15(19)22-16(4,5)6/h12-14,17H,7-11H2,1-6H3. The summed E-state index contributed by atoms with van der Waals surface area (Å²) in [7, 11) is 0. The summed E-state index contributed by atoms with van der Waals surface area (Å²) in [6.07, 6.45) is 0.494. The Kier molecular flexibility index (Phi) is 7.59. The van der Waals surface area contributed by atoms with Crippen LogP contribution < -0.4 is 5.48 Å². The minimum Gasteiger partial charge on any atom is -0.444 e. The molecule has 0 spiro atoms. The van der Waals surface area contributed by atoms with E-state index < -0.39 is 5.60 Å². The Balaban J connectivity index is 2.49. The third kappa shape index (κ3) is 7.42. The first kappa shape index (κ1) is 19.2. The molecule has 1 fully saturated rings. The van der Waals surface area contributed by atoms with Crippen molar-refractivity contribution in [3.8, 4) is 0 Å². The quantitative estimate of drug-likeness (QED) is 0.763. The molecule has 0 aromatic rings. The van der Waals surface area contributed by atoms with Crippen LogP contribution in [0.4, 0.5) is 4.79 Å². The lowest BCUT2D eigenvalue weighted by Crippen LogP contribution is -2.52. The number of nitrogens with zero attached hydrogens (tertiary/aromatic N) is 1. The third-order valence-electron chi connectivity index (χ3n) is 3.18. The van der Waals surface area contributed by atoms with E-state index in [1.165, 1.54) is 0 Å². The van der Waals surface area contributed by atoms with Gasteiger partial charge in [0.05, 0.1) is 25.9 Å². The number of rotatable bonds is 6. The Morgan fingerprint density at radius 3 is 2.64 bits per heavy atom. The van der Waals surface area contributed by atoms with E-state index in [0.29, 0.717) is 32.3 Å². The summed E-state index contributed by atoms with van der Waals surface area (Å²) in [6, 6.07) is 0.143. The second-order valence-corrected chi connectivity index (χ2v) is 7.36. The maximum Gasteiger partial charge on any atom is 0.410 e. The minimum atomic E-state index is -0.482. The Hall–Kier alpha value is -0.850. The molecule has 1 aliphatic rings. The van der Waals surface area contributed by atoms with E-state index in [2.05, 4.69) is 19.3 Å². The van der Waals surface area contributed by atoms with Crippen molar-refractivity contribution < 1.29 is 19.1 Å². The average Bonchev–Trinajstić information content (AvgIpc) is 2.36. The van der Waals surface area contributed by atoms with Crippen molar-refractivity contribution in [2.75, 3.05) is 26.4 Å². The highest BCUT2D eigenvalue weighted by atomic mass is 16.6. The largest absolute Gasteiger partial charge is 0.444 e. The van der Waals surface area contributed by atoms with Gasteiger partial charge in [-0.15, -0.1) is 0 Å². The summed E-state index contributed by atoms with van der Waals surface area (Å²) in [4.78, 5) is 19.5. The second kappa shape index (κ2) is 8.70. The smallest absolute Gasteiger partial charge is 0.410 e. The van der Waals surface area contributed by atoms with Crippen LogP contribution >= 0.6 is 0 Å². The molecule has 1 amide bonds. The minimum absolute atomic E-state index is 0.00810. The van der Waals surface area contributed by atoms with E-state index in [-0.39, 0.29) is 18.2 Å². The van der Waals surface area contributed by atoms with Crippen LogP contribution in [0.5, 0.6) is 0 Å². The topological polar surface area (TPSA) is 60.0 Å². The van der Waals surface area contributed by atoms with Crippen molar-refractivity contribution in [1.82, 2.24) is 10.4 Å². The highest BCUT2D eigenvalue weighted by Crippen LogP contribution is 2.17. The molecule has 0 radical (unpaired) electrons. The van der Waals surface area contributed by atoms with Gasteiger partial charge in [0, 0.05) is 12.6 Å². The Labute approximate surface area is 134 Å². The summed E-state index contributed by atoms with van der Waals surface area (Å²) < 4.78 is 11.0. The van der Waals surface area contributed by atoms with Crippen molar-refractivity contribution in [3.05, 3.63) is 0 Å². The van der Waals surface area contributed by atoms with Gasteiger partial charge in [-0.25, -0.2) is 4.79 Å². The normalized spacial score (nSPS) is 21.0. The zero-order chi connectivity index (χ0) is 16.8. The molecule has 6 nitrogen and oxygen atoms in total. The molecule has 1 saturated heterocycles. The zero-order valence-electron chi connectivity index (χ0n) is 14.8. The monoisotopic (exact) mass is 316 g/mol. The van der Waals surface area contributed by atoms with Gasteiger partial charge in [0.2, 0.25) is 0 Å². The molecule has 0 aromatic heterocycles. The highest BCUT2D eigenvalue weighted by molar-refractivity contribution is 5.68. The van der Waals surface area contributed by atoms with Crippen molar-refractivity contribution in [2.45, 2.75) is 65.6 Å². The van der Waals surface area contributed by atoms with Crippen LogP contribution in [-0.4, -0.2) is 55.0 Å². The first-order valence-corrected chi connectivity index (χ1v) is 8.13. The predicted octanol–water partition coefficient (Wildman–Crippen LogP) is 2.58. The lowest BCUT2D eigenvalue weighted by atomic mass is 10.1. The number of hydroxylamine groups is 1.